The van der Waals surface area contributed by atoms with Gasteiger partial charge in [-0.15, -0.1) is 5.10 Å². The van der Waals surface area contributed by atoms with Crippen LogP contribution in [0, 0.1) is 0 Å². The summed E-state index contributed by atoms with van der Waals surface area (Å²) in [4.78, 5) is 14.1. The Morgan fingerprint density at radius 1 is 1.30 bits per heavy atom. The van der Waals surface area contributed by atoms with Gasteiger partial charge >= 0.3 is 21.7 Å². The van der Waals surface area contributed by atoms with Crippen LogP contribution in [-0.2, 0) is 22.1 Å². The zero-order valence-corrected chi connectivity index (χ0v) is 15.1. The molecule has 1 aromatic rings. The van der Waals surface area contributed by atoms with Gasteiger partial charge in [0.15, 0.2) is 0 Å². The van der Waals surface area contributed by atoms with Crippen molar-refractivity contribution in [3.8, 4) is 5.88 Å². The van der Waals surface area contributed by atoms with Gasteiger partial charge in [0.05, 0.1) is 5.69 Å². The molecule has 2 amide bonds. The minimum absolute atomic E-state index is 0.134. The van der Waals surface area contributed by atoms with E-state index in [2.05, 4.69) is 14.6 Å². The summed E-state index contributed by atoms with van der Waals surface area (Å²) in [5.74, 6) is -0.598. The van der Waals surface area contributed by atoms with Gasteiger partial charge in [-0.3, -0.25) is 4.68 Å². The van der Waals surface area contributed by atoms with Crippen molar-refractivity contribution >= 4 is 16.1 Å². The molecule has 0 radical (unpaired) electrons. The van der Waals surface area contributed by atoms with Crippen LogP contribution in [-0.4, -0.2) is 53.8 Å². The lowest BCUT2D eigenvalue weighted by Crippen LogP contribution is -2.47. The first-order valence-corrected chi connectivity index (χ1v) is 10.2. The molecule has 0 aromatic carbocycles. The number of carbonyl (C=O) groups is 1. The van der Waals surface area contributed by atoms with Gasteiger partial charge in [-0.25, -0.2) is 4.79 Å². The van der Waals surface area contributed by atoms with Gasteiger partial charge < -0.3 is 14.4 Å². The molecular weight excluding hydrogens is 389 g/mol. The van der Waals surface area contributed by atoms with Gasteiger partial charge in [0.25, 0.3) is 5.88 Å². The van der Waals surface area contributed by atoms with Crippen molar-refractivity contribution in [3.05, 3.63) is 11.8 Å². The van der Waals surface area contributed by atoms with Gasteiger partial charge in [0.1, 0.15) is 0 Å². The number of alkyl halides is 3. The predicted octanol–water partition coefficient (Wildman–Crippen LogP) is 1.72. The molecule has 2 aliphatic heterocycles. The molecule has 1 N–H and O–H groups in total. The highest BCUT2D eigenvalue weighted by molar-refractivity contribution is 7.87. The molecule has 4 rings (SSSR count). The van der Waals surface area contributed by atoms with Crippen LogP contribution in [0.5, 0.6) is 5.88 Å². The Morgan fingerprint density at radius 2 is 2.00 bits per heavy atom. The monoisotopic (exact) mass is 408 g/mol. The van der Waals surface area contributed by atoms with Gasteiger partial charge in [-0.05, 0) is 32.1 Å². The molecule has 1 saturated carbocycles. The van der Waals surface area contributed by atoms with E-state index in [0.29, 0.717) is 38.2 Å². The van der Waals surface area contributed by atoms with Crippen LogP contribution < -0.4 is 9.50 Å². The Balaban J connectivity index is 1.49. The predicted molar refractivity (Wildman–Crippen MR) is 86.5 cm³/mol. The number of rotatable bonds is 3. The smallest absolute Gasteiger partial charge is 0.354 e. The fraction of sp³-hybridized carbons (Fsp3) is 0.733. The van der Waals surface area contributed by atoms with E-state index in [1.807, 2.05) is 0 Å². The van der Waals surface area contributed by atoms with Crippen molar-refractivity contribution in [1.82, 2.24) is 20.0 Å². The van der Waals surface area contributed by atoms with E-state index < -0.39 is 26.9 Å². The van der Waals surface area contributed by atoms with Crippen LogP contribution >= 0.6 is 0 Å². The van der Waals surface area contributed by atoms with Gasteiger partial charge in [0.2, 0.25) is 0 Å². The number of urea groups is 1. The largest absolute Gasteiger partial charge is 0.534 e. The number of hydrogen-bond donors (Lipinski definition) is 1. The summed E-state index contributed by atoms with van der Waals surface area (Å²) in [6.45, 7) is 1.38. The second kappa shape index (κ2) is 6.01. The zero-order chi connectivity index (χ0) is 19.4. The molecule has 2 fully saturated rings. The average Bonchev–Trinajstić information content (AvgIpc) is 3.19. The molecule has 8 nitrogen and oxygen atoms in total. The van der Waals surface area contributed by atoms with E-state index in [0.717, 1.165) is 19.3 Å². The Kier molecular flexibility index (Phi) is 4.09. The topological polar surface area (TPSA) is 93.5 Å². The first-order valence-electron chi connectivity index (χ1n) is 8.74. The number of hydrogen-bond acceptors (Lipinski definition) is 5. The molecule has 1 saturated heterocycles. The SMILES string of the molecule is O=C(NC1CCC1)N1CC[C@@]2(CCn3nc(OS(=O)(=O)C(F)(F)F)cc32)C1. The minimum atomic E-state index is -5.76. The summed E-state index contributed by atoms with van der Waals surface area (Å²) in [6.07, 6.45) is 4.40. The second-order valence-corrected chi connectivity index (χ2v) is 8.89. The quantitative estimate of drug-likeness (QED) is 0.607. The molecule has 1 spiro atoms. The van der Waals surface area contributed by atoms with Crippen molar-refractivity contribution < 1.29 is 30.6 Å². The van der Waals surface area contributed by atoms with Crippen LogP contribution in [0.3, 0.4) is 0 Å². The molecule has 27 heavy (non-hydrogen) atoms. The van der Waals surface area contributed by atoms with Crippen LogP contribution in [0.25, 0.3) is 0 Å². The average molecular weight is 408 g/mol. The second-order valence-electron chi connectivity index (χ2n) is 7.35. The molecule has 1 aromatic heterocycles. The lowest BCUT2D eigenvalue weighted by Gasteiger charge is -2.29. The Labute approximate surface area is 153 Å². The number of aryl methyl sites for hydroxylation is 1. The van der Waals surface area contributed by atoms with Gasteiger partial charge in [0, 0.05) is 37.2 Å². The maximum absolute atomic E-state index is 12.5. The van der Waals surface area contributed by atoms with Crippen LogP contribution in [0.4, 0.5) is 18.0 Å². The van der Waals surface area contributed by atoms with Crippen molar-refractivity contribution in [2.24, 2.45) is 0 Å². The Morgan fingerprint density at radius 3 is 2.63 bits per heavy atom. The van der Waals surface area contributed by atoms with E-state index in [-0.39, 0.29) is 12.1 Å². The number of amides is 2. The first-order chi connectivity index (χ1) is 12.6. The third-order valence-electron chi connectivity index (χ3n) is 5.66. The van der Waals surface area contributed by atoms with E-state index in [4.69, 9.17) is 0 Å². The highest BCUT2D eigenvalue weighted by atomic mass is 32.2. The third kappa shape index (κ3) is 3.13. The fourth-order valence-electron chi connectivity index (χ4n) is 3.92. The summed E-state index contributed by atoms with van der Waals surface area (Å²) in [7, 11) is -5.76. The maximum atomic E-state index is 12.5. The Bertz CT molecular complexity index is 865. The number of nitrogens with one attached hydrogen (secondary N) is 1. The highest BCUT2D eigenvalue weighted by Crippen LogP contribution is 2.44. The zero-order valence-electron chi connectivity index (χ0n) is 14.3. The standard InChI is InChI=1S/C15H19F3N4O4S/c16-15(17,18)27(24,25)26-12-8-11-14(5-7-22(11)20-12)4-6-21(9-14)13(23)19-10-2-1-3-10/h8,10H,1-7,9H2,(H,19,23)/t14-/m1/s1. The summed E-state index contributed by atoms with van der Waals surface area (Å²) < 4.78 is 65.5. The van der Waals surface area contributed by atoms with Gasteiger partial charge in [-0.1, -0.05) is 0 Å². The lowest BCUT2D eigenvalue weighted by atomic mass is 9.83. The first kappa shape index (κ1) is 18.4. The number of likely N-dealkylation sites (tertiary alicyclic amines) is 1. The number of nitrogens with zero attached hydrogens (tertiary/aromatic N) is 3. The molecule has 1 atom stereocenters. The molecule has 0 bridgehead atoms. The van der Waals surface area contributed by atoms with Crippen molar-refractivity contribution in [2.75, 3.05) is 13.1 Å². The van der Waals surface area contributed by atoms with Crippen molar-refractivity contribution in [3.63, 3.8) is 0 Å². The number of halogens is 3. The highest BCUT2D eigenvalue weighted by Gasteiger charge is 2.51. The molecule has 150 valence electrons. The minimum Gasteiger partial charge on any atom is -0.354 e. The maximum Gasteiger partial charge on any atom is 0.534 e. The molecule has 3 aliphatic rings. The van der Waals surface area contributed by atoms with Gasteiger partial charge in [-0.2, -0.15) is 21.6 Å². The number of carbonyl (C=O) groups excluding carboxylic acids is 1. The lowest BCUT2D eigenvalue weighted by molar-refractivity contribution is -0.0501. The van der Waals surface area contributed by atoms with E-state index in [9.17, 15) is 26.4 Å². The summed E-state index contributed by atoms with van der Waals surface area (Å²) >= 11 is 0. The van der Waals surface area contributed by atoms with E-state index >= 15 is 0 Å². The number of fused-ring (bicyclic) bond motifs is 2. The number of aromatic nitrogens is 2. The summed E-state index contributed by atoms with van der Waals surface area (Å²) in [5.41, 5.74) is -5.34. The fourth-order valence-corrected chi connectivity index (χ4v) is 4.32. The van der Waals surface area contributed by atoms with E-state index in [1.54, 1.807) is 4.90 Å². The van der Waals surface area contributed by atoms with Crippen molar-refractivity contribution in [2.45, 2.75) is 55.6 Å². The normalized spacial score (nSPS) is 25.5. The van der Waals surface area contributed by atoms with Crippen LogP contribution in [0.15, 0.2) is 6.07 Å². The summed E-state index contributed by atoms with van der Waals surface area (Å²) in [6, 6.07) is 1.32. The van der Waals surface area contributed by atoms with Crippen LogP contribution in [0.2, 0.25) is 0 Å². The molecule has 1 aliphatic carbocycles. The molecular formula is C15H19F3N4O4S. The Hall–Kier alpha value is -1.98. The van der Waals surface area contributed by atoms with E-state index in [1.165, 1.54) is 10.7 Å². The van der Waals surface area contributed by atoms with Crippen LogP contribution in [0.1, 0.15) is 37.8 Å². The summed E-state index contributed by atoms with van der Waals surface area (Å²) in [5, 5.41) is 6.82. The molecule has 3 heterocycles. The third-order valence-corrected chi connectivity index (χ3v) is 6.61. The molecule has 0 unspecified atom stereocenters. The van der Waals surface area contributed by atoms with Crippen molar-refractivity contribution in [1.29, 1.82) is 0 Å². The molecule has 12 heteroatoms.